The smallest absolute Gasteiger partial charge is 0.324 e. The minimum Gasteiger partial charge on any atom is -0.324 e. The molecule has 0 aliphatic carbocycles. The van der Waals surface area contributed by atoms with E-state index in [4.69, 9.17) is 0 Å². The Bertz CT molecular complexity index is 380. The van der Waals surface area contributed by atoms with Crippen LogP contribution in [0.15, 0.2) is 24.3 Å². The Hall–Kier alpha value is -1.51. The second-order valence-corrected chi connectivity index (χ2v) is 4.56. The largest absolute Gasteiger partial charge is 0.324 e. The molecule has 0 unspecified atom stereocenters. The Kier molecular flexibility index (Phi) is 3.67. The molecule has 0 atom stereocenters. The van der Waals surface area contributed by atoms with E-state index in [2.05, 4.69) is 19.1 Å². The Morgan fingerprint density at radius 1 is 1.24 bits per heavy atom. The number of anilines is 1. The van der Waals surface area contributed by atoms with Crippen molar-refractivity contribution in [1.82, 2.24) is 4.90 Å². The van der Waals surface area contributed by atoms with E-state index in [1.807, 2.05) is 24.1 Å². The molecule has 3 heteroatoms. The van der Waals surface area contributed by atoms with Crippen molar-refractivity contribution in [3.63, 3.8) is 0 Å². The molecule has 0 bridgehead atoms. The molecule has 1 aromatic carbocycles. The van der Waals surface area contributed by atoms with E-state index in [0.29, 0.717) is 0 Å². The molecule has 0 aromatic heterocycles. The van der Waals surface area contributed by atoms with Crippen LogP contribution in [0.5, 0.6) is 0 Å². The summed E-state index contributed by atoms with van der Waals surface area (Å²) in [6.07, 6.45) is 3.30. The number of amides is 2. The van der Waals surface area contributed by atoms with Gasteiger partial charge in [0.1, 0.15) is 0 Å². The third kappa shape index (κ3) is 2.60. The molecule has 1 heterocycles. The SMILES string of the molecule is CCc1ccc(N(C)C(=O)N2CCCC2)cc1. The predicted molar refractivity (Wildman–Crippen MR) is 70.4 cm³/mol. The van der Waals surface area contributed by atoms with Crippen LogP contribution in [0, 0.1) is 0 Å². The molecule has 0 radical (unpaired) electrons. The van der Waals surface area contributed by atoms with Gasteiger partial charge < -0.3 is 4.90 Å². The van der Waals surface area contributed by atoms with Crippen molar-refractivity contribution in [2.24, 2.45) is 0 Å². The van der Waals surface area contributed by atoms with Crippen LogP contribution in [-0.2, 0) is 6.42 Å². The molecule has 2 amide bonds. The van der Waals surface area contributed by atoms with Crippen LogP contribution in [0.25, 0.3) is 0 Å². The van der Waals surface area contributed by atoms with Gasteiger partial charge in [-0.25, -0.2) is 4.79 Å². The van der Waals surface area contributed by atoms with Gasteiger partial charge in [-0.1, -0.05) is 19.1 Å². The van der Waals surface area contributed by atoms with Gasteiger partial charge in [-0.3, -0.25) is 4.90 Å². The van der Waals surface area contributed by atoms with E-state index >= 15 is 0 Å². The average Bonchev–Trinajstić information content (AvgIpc) is 2.91. The molecular formula is C14H20N2O. The van der Waals surface area contributed by atoms with Crippen molar-refractivity contribution in [2.75, 3.05) is 25.0 Å². The van der Waals surface area contributed by atoms with Crippen molar-refractivity contribution in [1.29, 1.82) is 0 Å². The van der Waals surface area contributed by atoms with Crippen molar-refractivity contribution in [3.8, 4) is 0 Å². The first kappa shape index (κ1) is 12.0. The summed E-state index contributed by atoms with van der Waals surface area (Å²) >= 11 is 0. The lowest BCUT2D eigenvalue weighted by Crippen LogP contribution is -2.39. The summed E-state index contributed by atoms with van der Waals surface area (Å²) < 4.78 is 0. The van der Waals surface area contributed by atoms with Crippen LogP contribution >= 0.6 is 0 Å². The second-order valence-electron chi connectivity index (χ2n) is 4.56. The highest BCUT2D eigenvalue weighted by Gasteiger charge is 2.21. The summed E-state index contributed by atoms with van der Waals surface area (Å²) in [6, 6.07) is 8.33. The molecule has 92 valence electrons. The number of hydrogen-bond donors (Lipinski definition) is 0. The molecule has 1 aliphatic rings. The van der Waals surface area contributed by atoms with Crippen molar-refractivity contribution >= 4 is 11.7 Å². The topological polar surface area (TPSA) is 23.6 Å². The van der Waals surface area contributed by atoms with E-state index in [9.17, 15) is 4.79 Å². The van der Waals surface area contributed by atoms with Gasteiger partial charge in [-0.05, 0) is 37.0 Å². The molecule has 0 N–H and O–H groups in total. The lowest BCUT2D eigenvalue weighted by atomic mass is 10.1. The van der Waals surface area contributed by atoms with Crippen LogP contribution in [-0.4, -0.2) is 31.1 Å². The number of rotatable bonds is 2. The lowest BCUT2D eigenvalue weighted by Gasteiger charge is -2.24. The van der Waals surface area contributed by atoms with Crippen LogP contribution in [0.2, 0.25) is 0 Å². The van der Waals surface area contributed by atoms with Crippen LogP contribution in [0.1, 0.15) is 25.3 Å². The van der Waals surface area contributed by atoms with Crippen LogP contribution in [0.4, 0.5) is 10.5 Å². The summed E-state index contributed by atoms with van der Waals surface area (Å²) in [7, 11) is 1.85. The van der Waals surface area contributed by atoms with Gasteiger partial charge in [-0.2, -0.15) is 0 Å². The zero-order valence-corrected chi connectivity index (χ0v) is 10.6. The Morgan fingerprint density at radius 3 is 2.35 bits per heavy atom. The summed E-state index contributed by atoms with van der Waals surface area (Å²) in [5.74, 6) is 0. The number of urea groups is 1. The maximum absolute atomic E-state index is 12.2. The molecule has 0 saturated carbocycles. The predicted octanol–water partition coefficient (Wildman–Crippen LogP) is 2.90. The minimum atomic E-state index is 0.117. The third-order valence-corrected chi connectivity index (χ3v) is 3.40. The molecule has 17 heavy (non-hydrogen) atoms. The molecule has 0 spiro atoms. The second kappa shape index (κ2) is 5.21. The molecule has 3 nitrogen and oxygen atoms in total. The number of carbonyl (C=O) groups excluding carboxylic acids is 1. The number of aryl methyl sites for hydroxylation is 1. The average molecular weight is 232 g/mol. The molecule has 2 rings (SSSR count). The molecule has 1 saturated heterocycles. The van der Waals surface area contributed by atoms with E-state index in [1.54, 1.807) is 4.90 Å². The summed E-state index contributed by atoms with van der Waals surface area (Å²) in [6.45, 7) is 3.93. The zero-order chi connectivity index (χ0) is 12.3. The number of nitrogens with zero attached hydrogens (tertiary/aromatic N) is 2. The molecule has 1 aliphatic heterocycles. The number of hydrogen-bond acceptors (Lipinski definition) is 1. The number of benzene rings is 1. The van der Waals surface area contributed by atoms with Gasteiger partial charge >= 0.3 is 6.03 Å². The van der Waals surface area contributed by atoms with Crippen molar-refractivity contribution in [3.05, 3.63) is 29.8 Å². The number of carbonyl (C=O) groups is 1. The van der Waals surface area contributed by atoms with Gasteiger partial charge in [0.15, 0.2) is 0 Å². The quantitative estimate of drug-likeness (QED) is 0.769. The fourth-order valence-corrected chi connectivity index (χ4v) is 2.19. The molecule has 1 fully saturated rings. The maximum atomic E-state index is 12.2. The van der Waals surface area contributed by atoms with Crippen molar-refractivity contribution in [2.45, 2.75) is 26.2 Å². The van der Waals surface area contributed by atoms with E-state index in [0.717, 1.165) is 38.0 Å². The van der Waals surface area contributed by atoms with Crippen LogP contribution in [0.3, 0.4) is 0 Å². The summed E-state index contributed by atoms with van der Waals surface area (Å²) in [4.78, 5) is 15.8. The third-order valence-electron chi connectivity index (χ3n) is 3.40. The Labute approximate surface area is 103 Å². The lowest BCUT2D eigenvalue weighted by molar-refractivity contribution is 0.217. The Morgan fingerprint density at radius 2 is 1.82 bits per heavy atom. The minimum absolute atomic E-state index is 0.117. The fraction of sp³-hybridized carbons (Fsp3) is 0.500. The van der Waals surface area contributed by atoms with E-state index in [1.165, 1.54) is 5.56 Å². The standard InChI is InChI=1S/C14H20N2O/c1-3-12-6-8-13(9-7-12)15(2)14(17)16-10-4-5-11-16/h6-9H,3-5,10-11H2,1-2H3. The Balaban J connectivity index is 2.07. The highest BCUT2D eigenvalue weighted by Crippen LogP contribution is 2.18. The highest BCUT2D eigenvalue weighted by molar-refractivity contribution is 5.91. The molecular weight excluding hydrogens is 212 g/mol. The van der Waals surface area contributed by atoms with Crippen LogP contribution < -0.4 is 4.90 Å². The molecule has 1 aromatic rings. The first-order chi connectivity index (χ1) is 8.22. The van der Waals surface area contributed by atoms with Gasteiger partial charge in [0.05, 0.1) is 0 Å². The highest BCUT2D eigenvalue weighted by atomic mass is 16.2. The van der Waals surface area contributed by atoms with Gasteiger partial charge in [0, 0.05) is 25.8 Å². The van der Waals surface area contributed by atoms with E-state index in [-0.39, 0.29) is 6.03 Å². The van der Waals surface area contributed by atoms with Gasteiger partial charge in [0.2, 0.25) is 0 Å². The first-order valence-electron chi connectivity index (χ1n) is 6.34. The number of likely N-dealkylation sites (tertiary alicyclic amines) is 1. The monoisotopic (exact) mass is 232 g/mol. The van der Waals surface area contributed by atoms with Gasteiger partial charge in [0.25, 0.3) is 0 Å². The van der Waals surface area contributed by atoms with E-state index < -0.39 is 0 Å². The zero-order valence-electron chi connectivity index (χ0n) is 10.6. The normalized spacial score (nSPS) is 15.1. The summed E-state index contributed by atoms with van der Waals surface area (Å²) in [5, 5.41) is 0. The van der Waals surface area contributed by atoms with Gasteiger partial charge in [-0.15, -0.1) is 0 Å². The fourth-order valence-electron chi connectivity index (χ4n) is 2.19. The first-order valence-corrected chi connectivity index (χ1v) is 6.34. The van der Waals surface area contributed by atoms with Crippen molar-refractivity contribution < 1.29 is 4.79 Å². The maximum Gasteiger partial charge on any atom is 0.324 e. The summed E-state index contributed by atoms with van der Waals surface area (Å²) in [5.41, 5.74) is 2.27.